The van der Waals surface area contributed by atoms with Crippen LogP contribution >= 0.6 is 0 Å². The van der Waals surface area contributed by atoms with E-state index in [2.05, 4.69) is 10.0 Å². The van der Waals surface area contributed by atoms with Gasteiger partial charge in [-0.25, -0.2) is 10.0 Å². The van der Waals surface area contributed by atoms with Gasteiger partial charge >= 0.3 is 0 Å². The van der Waals surface area contributed by atoms with Crippen LogP contribution in [0.4, 0.5) is 0 Å². The molecule has 2 aliphatic heterocycles. The molecule has 0 aromatic heterocycles. The van der Waals surface area contributed by atoms with E-state index in [1.165, 1.54) is 0 Å². The number of rotatable bonds is 2. The SMILES string of the molecule is COC1CCN(N2CCOCC2)CC1. The number of morpholine rings is 1. The number of piperidine rings is 1. The molecular formula is C10H20N2O2. The van der Waals surface area contributed by atoms with Gasteiger partial charge in [-0.2, -0.15) is 0 Å². The summed E-state index contributed by atoms with van der Waals surface area (Å²) in [5.74, 6) is 0. The number of methoxy groups -OCH3 is 1. The Morgan fingerprint density at radius 3 is 2.14 bits per heavy atom. The first-order valence-electron chi connectivity index (χ1n) is 5.50. The molecular weight excluding hydrogens is 180 g/mol. The zero-order valence-corrected chi connectivity index (χ0v) is 8.95. The molecule has 0 unspecified atom stereocenters. The van der Waals surface area contributed by atoms with Gasteiger partial charge in [0.15, 0.2) is 0 Å². The summed E-state index contributed by atoms with van der Waals surface area (Å²) in [4.78, 5) is 0. The third kappa shape index (κ3) is 2.45. The van der Waals surface area contributed by atoms with E-state index in [1.54, 1.807) is 0 Å². The van der Waals surface area contributed by atoms with Gasteiger partial charge in [-0.1, -0.05) is 0 Å². The summed E-state index contributed by atoms with van der Waals surface area (Å²) >= 11 is 0. The molecule has 14 heavy (non-hydrogen) atoms. The van der Waals surface area contributed by atoms with Crippen molar-refractivity contribution in [3.05, 3.63) is 0 Å². The second kappa shape index (κ2) is 5.07. The van der Waals surface area contributed by atoms with Crippen molar-refractivity contribution < 1.29 is 9.47 Å². The van der Waals surface area contributed by atoms with E-state index >= 15 is 0 Å². The fourth-order valence-corrected chi connectivity index (χ4v) is 2.20. The minimum Gasteiger partial charge on any atom is -0.381 e. The van der Waals surface area contributed by atoms with Gasteiger partial charge in [0.25, 0.3) is 0 Å². The highest BCUT2D eigenvalue weighted by Crippen LogP contribution is 2.15. The molecule has 0 atom stereocenters. The van der Waals surface area contributed by atoms with Crippen LogP contribution in [0.25, 0.3) is 0 Å². The molecule has 0 radical (unpaired) electrons. The highest BCUT2D eigenvalue weighted by Gasteiger charge is 2.24. The topological polar surface area (TPSA) is 24.9 Å². The minimum absolute atomic E-state index is 0.479. The predicted octanol–water partition coefficient (Wildman–Crippen LogP) is 0.344. The number of nitrogens with zero attached hydrogens (tertiary/aromatic N) is 2. The monoisotopic (exact) mass is 200 g/mol. The molecule has 2 saturated heterocycles. The Morgan fingerprint density at radius 1 is 1.00 bits per heavy atom. The molecule has 0 aromatic carbocycles. The first-order chi connectivity index (χ1) is 6.90. The Kier molecular flexibility index (Phi) is 3.75. The van der Waals surface area contributed by atoms with E-state index in [1.807, 2.05) is 7.11 Å². The summed E-state index contributed by atoms with van der Waals surface area (Å²) in [6, 6.07) is 0. The van der Waals surface area contributed by atoms with Crippen molar-refractivity contribution in [3.8, 4) is 0 Å². The second-order valence-electron chi connectivity index (χ2n) is 3.95. The Hall–Kier alpha value is -0.160. The molecule has 0 aromatic rings. The van der Waals surface area contributed by atoms with Crippen molar-refractivity contribution in [1.82, 2.24) is 10.0 Å². The summed E-state index contributed by atoms with van der Waals surface area (Å²) in [5.41, 5.74) is 0. The summed E-state index contributed by atoms with van der Waals surface area (Å²) in [6.45, 7) is 6.14. The van der Waals surface area contributed by atoms with Crippen molar-refractivity contribution in [3.63, 3.8) is 0 Å². The molecule has 0 aliphatic carbocycles. The lowest BCUT2D eigenvalue weighted by molar-refractivity contribution is -0.114. The molecule has 0 amide bonds. The van der Waals surface area contributed by atoms with Crippen LogP contribution in [0.5, 0.6) is 0 Å². The summed E-state index contributed by atoms with van der Waals surface area (Å²) in [5, 5.41) is 4.88. The van der Waals surface area contributed by atoms with Crippen LogP contribution < -0.4 is 0 Å². The quantitative estimate of drug-likeness (QED) is 0.642. The molecule has 2 fully saturated rings. The summed E-state index contributed by atoms with van der Waals surface area (Å²) < 4.78 is 10.7. The van der Waals surface area contributed by atoms with Crippen LogP contribution in [0, 0.1) is 0 Å². The van der Waals surface area contributed by atoms with Gasteiger partial charge in [0, 0.05) is 33.3 Å². The van der Waals surface area contributed by atoms with Crippen LogP contribution in [0.15, 0.2) is 0 Å². The van der Waals surface area contributed by atoms with Gasteiger partial charge in [-0.15, -0.1) is 0 Å². The molecule has 2 rings (SSSR count). The Bertz CT molecular complexity index is 164. The average Bonchev–Trinajstić information content (AvgIpc) is 2.30. The lowest BCUT2D eigenvalue weighted by atomic mass is 10.1. The summed E-state index contributed by atoms with van der Waals surface area (Å²) in [7, 11) is 1.81. The van der Waals surface area contributed by atoms with E-state index in [0.29, 0.717) is 6.10 Å². The molecule has 0 N–H and O–H groups in total. The maximum absolute atomic E-state index is 5.36. The van der Waals surface area contributed by atoms with Crippen molar-refractivity contribution in [2.75, 3.05) is 46.5 Å². The highest BCUT2D eigenvalue weighted by atomic mass is 16.5. The average molecular weight is 200 g/mol. The molecule has 0 bridgehead atoms. The lowest BCUT2D eigenvalue weighted by Crippen LogP contribution is -2.52. The molecule has 4 heteroatoms. The van der Waals surface area contributed by atoms with Gasteiger partial charge in [0.2, 0.25) is 0 Å². The van der Waals surface area contributed by atoms with Gasteiger partial charge in [0.1, 0.15) is 0 Å². The van der Waals surface area contributed by atoms with Gasteiger partial charge in [-0.05, 0) is 12.8 Å². The van der Waals surface area contributed by atoms with Crippen molar-refractivity contribution in [1.29, 1.82) is 0 Å². The maximum Gasteiger partial charge on any atom is 0.0608 e. The maximum atomic E-state index is 5.36. The first-order valence-corrected chi connectivity index (χ1v) is 5.50. The lowest BCUT2D eigenvalue weighted by Gasteiger charge is -2.41. The van der Waals surface area contributed by atoms with Crippen LogP contribution in [-0.2, 0) is 9.47 Å². The van der Waals surface area contributed by atoms with Crippen LogP contribution in [0.2, 0.25) is 0 Å². The first kappa shape index (κ1) is 10.4. The number of ether oxygens (including phenoxy) is 2. The zero-order valence-electron chi connectivity index (χ0n) is 8.95. The predicted molar refractivity (Wildman–Crippen MR) is 54.0 cm³/mol. The number of hydrazine groups is 1. The van der Waals surface area contributed by atoms with E-state index < -0.39 is 0 Å². The van der Waals surface area contributed by atoms with Crippen molar-refractivity contribution in [2.24, 2.45) is 0 Å². The van der Waals surface area contributed by atoms with Gasteiger partial charge in [-0.3, -0.25) is 0 Å². The van der Waals surface area contributed by atoms with E-state index in [4.69, 9.17) is 9.47 Å². The van der Waals surface area contributed by atoms with Crippen molar-refractivity contribution >= 4 is 0 Å². The fourth-order valence-electron chi connectivity index (χ4n) is 2.20. The van der Waals surface area contributed by atoms with Crippen molar-refractivity contribution in [2.45, 2.75) is 18.9 Å². The van der Waals surface area contributed by atoms with Crippen LogP contribution in [-0.4, -0.2) is 62.6 Å². The smallest absolute Gasteiger partial charge is 0.0608 e. The molecule has 2 aliphatic rings. The standard InChI is InChI=1S/C10H20N2O2/c1-13-10-2-4-11(5-3-10)12-6-8-14-9-7-12/h10H,2-9H2,1H3. The summed E-state index contributed by atoms with van der Waals surface area (Å²) in [6.07, 6.45) is 2.80. The fraction of sp³-hybridized carbons (Fsp3) is 1.00. The molecule has 0 spiro atoms. The number of hydrogen-bond acceptors (Lipinski definition) is 4. The Labute approximate surface area is 85.7 Å². The highest BCUT2D eigenvalue weighted by molar-refractivity contribution is 4.72. The molecule has 0 saturated carbocycles. The third-order valence-corrected chi connectivity index (χ3v) is 3.14. The third-order valence-electron chi connectivity index (χ3n) is 3.14. The molecule has 2 heterocycles. The zero-order chi connectivity index (χ0) is 9.80. The normalized spacial score (nSPS) is 28.1. The second-order valence-corrected chi connectivity index (χ2v) is 3.95. The van der Waals surface area contributed by atoms with Gasteiger partial charge < -0.3 is 9.47 Å². The largest absolute Gasteiger partial charge is 0.381 e. The Balaban J connectivity index is 1.76. The van der Waals surface area contributed by atoms with Crippen LogP contribution in [0.3, 0.4) is 0 Å². The van der Waals surface area contributed by atoms with E-state index in [9.17, 15) is 0 Å². The van der Waals surface area contributed by atoms with E-state index in [0.717, 1.165) is 52.2 Å². The molecule has 4 nitrogen and oxygen atoms in total. The van der Waals surface area contributed by atoms with Crippen LogP contribution in [0.1, 0.15) is 12.8 Å². The van der Waals surface area contributed by atoms with Gasteiger partial charge in [0.05, 0.1) is 19.3 Å². The van der Waals surface area contributed by atoms with E-state index in [-0.39, 0.29) is 0 Å². The molecule has 82 valence electrons. The Morgan fingerprint density at radius 2 is 1.57 bits per heavy atom. The minimum atomic E-state index is 0.479. The number of hydrogen-bond donors (Lipinski definition) is 0.